The molecule has 0 unspecified atom stereocenters. The number of nitrogens with two attached hydrogens (primary N) is 1. The zero-order chi connectivity index (χ0) is 19.1. The molecule has 0 fully saturated rings. The van der Waals surface area contributed by atoms with Gasteiger partial charge in [-0.1, -0.05) is 96.8 Å². The summed E-state index contributed by atoms with van der Waals surface area (Å²) < 4.78 is 10.3. The molecule has 0 saturated carbocycles. The van der Waals surface area contributed by atoms with E-state index < -0.39 is 0 Å². The Morgan fingerprint density at radius 2 is 1.11 bits per heavy atom. The fourth-order valence-electron chi connectivity index (χ4n) is 3.11. The number of hydrogen-bond donors (Lipinski definition) is 1. The molecule has 4 nitrogen and oxygen atoms in total. The number of rotatable bonds is 21. The zero-order valence-electron chi connectivity index (χ0n) is 17.9. The molecular formula is C22H46ClNO3. The van der Waals surface area contributed by atoms with Crippen LogP contribution in [0.5, 0.6) is 0 Å². The van der Waals surface area contributed by atoms with Gasteiger partial charge in [0, 0.05) is 13.0 Å². The summed E-state index contributed by atoms with van der Waals surface area (Å²) in [7, 11) is 0. The maximum Gasteiger partial charge on any atom is 0.305 e. The molecule has 0 aromatic rings. The highest BCUT2D eigenvalue weighted by Crippen LogP contribution is 2.13. The molecule has 5 heteroatoms. The number of carbonyl (C=O) groups is 1. The Hall–Kier alpha value is -0.320. The number of halogens is 1. The van der Waals surface area contributed by atoms with E-state index in [4.69, 9.17) is 15.2 Å². The minimum atomic E-state index is -0.101. The molecule has 2 N–H and O–H groups in total. The van der Waals surface area contributed by atoms with E-state index in [-0.39, 0.29) is 18.4 Å². The van der Waals surface area contributed by atoms with Crippen LogP contribution in [0.15, 0.2) is 0 Å². The van der Waals surface area contributed by atoms with Gasteiger partial charge >= 0.3 is 5.97 Å². The molecule has 27 heavy (non-hydrogen) atoms. The number of esters is 1. The van der Waals surface area contributed by atoms with Gasteiger partial charge in [0.05, 0.1) is 13.2 Å². The first kappa shape index (κ1) is 28.9. The first-order valence-electron chi connectivity index (χ1n) is 11.2. The maximum atomic E-state index is 11.5. The zero-order valence-corrected chi connectivity index (χ0v) is 18.7. The summed E-state index contributed by atoms with van der Waals surface area (Å²) in [4.78, 5) is 11.5. The lowest BCUT2D eigenvalue weighted by Crippen LogP contribution is -2.14. The van der Waals surface area contributed by atoms with Crippen molar-refractivity contribution in [2.75, 3.05) is 26.4 Å². The quantitative estimate of drug-likeness (QED) is 0.182. The molecule has 0 rings (SSSR count). The van der Waals surface area contributed by atoms with Gasteiger partial charge in [0.25, 0.3) is 0 Å². The molecule has 0 aromatic heterocycles. The number of carbonyl (C=O) groups excluding carboxylic acids is 1. The molecule has 0 aromatic carbocycles. The Kier molecular flexibility index (Phi) is 27.5. The van der Waals surface area contributed by atoms with Gasteiger partial charge in [-0.15, -0.1) is 12.4 Å². The molecule has 0 radical (unpaired) electrons. The Bertz CT molecular complexity index is 291. The minimum Gasteiger partial charge on any atom is -0.463 e. The molecule has 0 bridgehead atoms. The highest BCUT2D eigenvalue weighted by molar-refractivity contribution is 5.85. The maximum absolute atomic E-state index is 11.5. The highest BCUT2D eigenvalue weighted by atomic mass is 35.5. The fraction of sp³-hybridized carbons (Fsp3) is 0.955. The predicted molar refractivity (Wildman–Crippen MR) is 118 cm³/mol. The van der Waals surface area contributed by atoms with Crippen molar-refractivity contribution in [2.24, 2.45) is 5.73 Å². The van der Waals surface area contributed by atoms with Crippen LogP contribution in [0, 0.1) is 0 Å². The molecule has 0 spiro atoms. The van der Waals surface area contributed by atoms with Crippen LogP contribution in [0.2, 0.25) is 0 Å². The van der Waals surface area contributed by atoms with Crippen molar-refractivity contribution in [1.82, 2.24) is 0 Å². The van der Waals surface area contributed by atoms with Crippen LogP contribution in [0.1, 0.15) is 110 Å². The summed E-state index contributed by atoms with van der Waals surface area (Å²) >= 11 is 0. The van der Waals surface area contributed by atoms with Crippen molar-refractivity contribution in [1.29, 1.82) is 0 Å². The minimum absolute atomic E-state index is 0. The summed E-state index contributed by atoms with van der Waals surface area (Å²) in [5, 5.41) is 0. The van der Waals surface area contributed by atoms with Gasteiger partial charge in [0.1, 0.15) is 6.61 Å². The largest absolute Gasteiger partial charge is 0.463 e. The van der Waals surface area contributed by atoms with Crippen LogP contribution in [0.4, 0.5) is 0 Å². The van der Waals surface area contributed by atoms with Gasteiger partial charge in [-0.05, 0) is 6.42 Å². The van der Waals surface area contributed by atoms with Crippen molar-refractivity contribution in [2.45, 2.75) is 110 Å². The summed E-state index contributed by atoms with van der Waals surface area (Å²) in [5.41, 5.74) is 5.31. The Morgan fingerprint density at radius 1 is 0.667 bits per heavy atom. The summed E-state index contributed by atoms with van der Waals surface area (Å²) in [6.07, 6.45) is 20.6. The summed E-state index contributed by atoms with van der Waals surface area (Å²) in [6.45, 7) is 4.10. The molecule has 0 aliphatic carbocycles. The highest BCUT2D eigenvalue weighted by Gasteiger charge is 2.02. The Morgan fingerprint density at radius 3 is 1.56 bits per heavy atom. The number of ether oxygens (including phenoxy) is 2. The van der Waals surface area contributed by atoms with Crippen LogP contribution in [0.25, 0.3) is 0 Å². The second kappa shape index (κ2) is 25.7. The second-order valence-corrected chi connectivity index (χ2v) is 7.32. The van der Waals surface area contributed by atoms with Crippen LogP contribution in [0.3, 0.4) is 0 Å². The fourth-order valence-corrected chi connectivity index (χ4v) is 3.11. The van der Waals surface area contributed by atoms with Crippen LogP contribution in [-0.2, 0) is 14.3 Å². The van der Waals surface area contributed by atoms with Crippen molar-refractivity contribution >= 4 is 18.4 Å². The van der Waals surface area contributed by atoms with E-state index in [0.717, 1.165) is 12.8 Å². The van der Waals surface area contributed by atoms with E-state index in [2.05, 4.69) is 6.92 Å². The topological polar surface area (TPSA) is 61.5 Å². The Labute approximate surface area is 174 Å². The smallest absolute Gasteiger partial charge is 0.305 e. The molecular weight excluding hydrogens is 362 g/mol. The molecule has 0 heterocycles. The Balaban J connectivity index is 0. The lowest BCUT2D eigenvalue weighted by atomic mass is 10.0. The van der Waals surface area contributed by atoms with Gasteiger partial charge < -0.3 is 15.2 Å². The molecule has 0 aliphatic rings. The van der Waals surface area contributed by atoms with Gasteiger partial charge in [0.15, 0.2) is 0 Å². The average Bonchev–Trinajstić information content (AvgIpc) is 2.64. The van der Waals surface area contributed by atoms with Crippen LogP contribution < -0.4 is 5.73 Å². The van der Waals surface area contributed by atoms with Gasteiger partial charge in [-0.2, -0.15) is 0 Å². The molecule has 0 amide bonds. The molecule has 0 atom stereocenters. The van der Waals surface area contributed by atoms with Crippen molar-refractivity contribution in [3.05, 3.63) is 0 Å². The van der Waals surface area contributed by atoms with Crippen molar-refractivity contribution < 1.29 is 14.3 Å². The molecule has 0 aliphatic heterocycles. The molecule has 0 saturated heterocycles. The van der Waals surface area contributed by atoms with Crippen molar-refractivity contribution in [3.8, 4) is 0 Å². The van der Waals surface area contributed by atoms with Gasteiger partial charge in [-0.25, -0.2) is 0 Å². The van der Waals surface area contributed by atoms with E-state index in [1.165, 1.54) is 83.5 Å². The van der Waals surface area contributed by atoms with Crippen LogP contribution in [-0.4, -0.2) is 32.3 Å². The lowest BCUT2D eigenvalue weighted by molar-refractivity contribution is -0.145. The monoisotopic (exact) mass is 407 g/mol. The lowest BCUT2D eigenvalue weighted by Gasteiger charge is -2.05. The third-order valence-corrected chi connectivity index (χ3v) is 4.74. The summed E-state index contributed by atoms with van der Waals surface area (Å²) in [5.74, 6) is -0.101. The normalized spacial score (nSPS) is 10.6. The second-order valence-electron chi connectivity index (χ2n) is 7.32. The van der Waals surface area contributed by atoms with Crippen molar-refractivity contribution in [3.63, 3.8) is 0 Å². The third-order valence-electron chi connectivity index (χ3n) is 4.74. The predicted octanol–water partition coefficient (Wildman–Crippen LogP) is 6.19. The van der Waals surface area contributed by atoms with Gasteiger partial charge in [0.2, 0.25) is 0 Å². The standard InChI is InChI=1S/C22H45NO3.ClH/c1-2-3-4-5-6-7-8-9-10-11-12-13-14-15-16-17-22(24)26-21-20-25-19-18-23;/h2-21,23H2,1H3;1H. The number of unbranched alkanes of at least 4 members (excludes halogenated alkanes) is 14. The van der Waals surface area contributed by atoms with Gasteiger partial charge in [-0.3, -0.25) is 4.79 Å². The van der Waals surface area contributed by atoms with E-state index in [1.54, 1.807) is 0 Å². The van der Waals surface area contributed by atoms with Crippen LogP contribution >= 0.6 is 12.4 Å². The number of hydrogen-bond acceptors (Lipinski definition) is 4. The molecule has 164 valence electrons. The first-order valence-corrected chi connectivity index (χ1v) is 11.2. The average molecular weight is 408 g/mol. The SMILES string of the molecule is CCCCCCCCCCCCCCCCCC(=O)OCCOCCN.Cl. The first-order chi connectivity index (χ1) is 12.8. The van der Waals surface area contributed by atoms with E-state index in [1.807, 2.05) is 0 Å². The third kappa shape index (κ3) is 25.7. The van der Waals surface area contributed by atoms with E-state index in [9.17, 15) is 4.79 Å². The van der Waals surface area contributed by atoms with E-state index in [0.29, 0.717) is 32.8 Å². The summed E-state index contributed by atoms with van der Waals surface area (Å²) in [6, 6.07) is 0. The van der Waals surface area contributed by atoms with E-state index >= 15 is 0 Å².